The van der Waals surface area contributed by atoms with Gasteiger partial charge >= 0.3 is 0 Å². The molecule has 0 aromatic heterocycles. The minimum absolute atomic E-state index is 0.390. The van der Waals surface area contributed by atoms with Crippen molar-refractivity contribution in [2.24, 2.45) is 0 Å². The molecule has 1 rings (SSSR count). The van der Waals surface area contributed by atoms with Crippen molar-refractivity contribution in [3.05, 3.63) is 22.2 Å². The molecule has 0 amide bonds. The molecule has 4 heteroatoms. The highest BCUT2D eigenvalue weighted by molar-refractivity contribution is 6.42. The van der Waals surface area contributed by atoms with E-state index in [0.29, 0.717) is 21.8 Å². The Bertz CT molecular complexity index is 380. The molecule has 0 bridgehead atoms. The molecular weight excluding hydrogens is 267 g/mol. The van der Waals surface area contributed by atoms with Gasteiger partial charge in [0.1, 0.15) is 0 Å². The first-order valence-electron chi connectivity index (χ1n) is 6.55. The van der Waals surface area contributed by atoms with Crippen LogP contribution >= 0.6 is 23.2 Å². The fourth-order valence-corrected chi connectivity index (χ4v) is 2.24. The summed E-state index contributed by atoms with van der Waals surface area (Å²) in [4.78, 5) is 0. The van der Waals surface area contributed by atoms with Crippen molar-refractivity contribution < 1.29 is 0 Å². The lowest BCUT2D eigenvalue weighted by Gasteiger charge is -2.17. The van der Waals surface area contributed by atoms with Crippen molar-refractivity contribution in [1.82, 2.24) is 0 Å². The Morgan fingerprint density at radius 3 is 2.50 bits per heavy atom. The van der Waals surface area contributed by atoms with Gasteiger partial charge in [0.25, 0.3) is 0 Å². The fraction of sp³-hybridized carbons (Fsp3) is 0.571. The van der Waals surface area contributed by atoms with Crippen LogP contribution in [-0.4, -0.2) is 6.04 Å². The number of hydrogen-bond acceptors (Lipinski definition) is 2. The van der Waals surface area contributed by atoms with Crippen molar-refractivity contribution in [2.45, 2.75) is 52.0 Å². The third kappa shape index (κ3) is 4.95. The molecule has 0 spiro atoms. The molecule has 1 aromatic carbocycles. The van der Waals surface area contributed by atoms with Gasteiger partial charge in [0.2, 0.25) is 0 Å². The van der Waals surface area contributed by atoms with Crippen LogP contribution in [0.25, 0.3) is 0 Å². The summed E-state index contributed by atoms with van der Waals surface area (Å²) in [6, 6.07) is 3.87. The standard InChI is InChI=1S/C14H22Cl2N2/c1-3-4-5-6-7-10(2)18-14-9-12(16)11(15)8-13(14)17/h8-10,18H,3-7,17H2,1-2H3. The SMILES string of the molecule is CCCCCCC(C)Nc1cc(Cl)c(Cl)cc1N. The van der Waals surface area contributed by atoms with Gasteiger partial charge in [-0.15, -0.1) is 0 Å². The van der Waals surface area contributed by atoms with E-state index in [9.17, 15) is 0 Å². The van der Waals surface area contributed by atoms with Crippen molar-refractivity contribution in [2.75, 3.05) is 11.1 Å². The zero-order valence-corrected chi connectivity index (χ0v) is 12.6. The third-order valence-corrected chi connectivity index (χ3v) is 3.71. The van der Waals surface area contributed by atoms with E-state index in [4.69, 9.17) is 28.9 Å². The molecule has 0 aliphatic carbocycles. The minimum Gasteiger partial charge on any atom is -0.397 e. The van der Waals surface area contributed by atoms with Gasteiger partial charge in [0.05, 0.1) is 21.4 Å². The topological polar surface area (TPSA) is 38.0 Å². The molecule has 0 aliphatic heterocycles. The summed E-state index contributed by atoms with van der Waals surface area (Å²) >= 11 is 11.9. The van der Waals surface area contributed by atoms with Crippen molar-refractivity contribution in [3.8, 4) is 0 Å². The maximum atomic E-state index is 5.99. The molecule has 2 nitrogen and oxygen atoms in total. The second kappa shape index (κ2) is 7.75. The van der Waals surface area contributed by atoms with Crippen LogP contribution in [0.5, 0.6) is 0 Å². The van der Waals surface area contributed by atoms with E-state index in [1.807, 2.05) is 0 Å². The van der Waals surface area contributed by atoms with Crippen LogP contribution in [0.15, 0.2) is 12.1 Å². The number of nitrogen functional groups attached to an aromatic ring is 1. The number of anilines is 2. The molecule has 0 radical (unpaired) electrons. The average molecular weight is 289 g/mol. The molecule has 3 N–H and O–H groups in total. The molecule has 0 aliphatic rings. The van der Waals surface area contributed by atoms with E-state index in [0.717, 1.165) is 12.1 Å². The van der Waals surface area contributed by atoms with Crippen LogP contribution in [0, 0.1) is 0 Å². The summed E-state index contributed by atoms with van der Waals surface area (Å²) in [5, 5.41) is 4.42. The number of halogens is 2. The van der Waals surface area contributed by atoms with Gasteiger partial charge in [-0.05, 0) is 25.5 Å². The summed E-state index contributed by atoms with van der Waals surface area (Å²) in [7, 11) is 0. The molecule has 0 heterocycles. The summed E-state index contributed by atoms with van der Waals surface area (Å²) in [6.07, 6.45) is 6.24. The molecular formula is C14H22Cl2N2. The monoisotopic (exact) mass is 288 g/mol. The van der Waals surface area contributed by atoms with Crippen LogP contribution in [0.4, 0.5) is 11.4 Å². The molecule has 0 saturated heterocycles. The lowest BCUT2D eigenvalue weighted by atomic mass is 10.1. The zero-order chi connectivity index (χ0) is 13.5. The maximum absolute atomic E-state index is 5.99. The van der Waals surface area contributed by atoms with Gasteiger partial charge in [-0.25, -0.2) is 0 Å². The second-order valence-electron chi connectivity index (χ2n) is 4.75. The highest BCUT2D eigenvalue weighted by Gasteiger charge is 2.08. The molecule has 1 atom stereocenters. The lowest BCUT2D eigenvalue weighted by molar-refractivity contribution is 0.594. The molecule has 1 unspecified atom stereocenters. The Morgan fingerprint density at radius 2 is 1.83 bits per heavy atom. The van der Waals surface area contributed by atoms with E-state index in [2.05, 4.69) is 19.2 Å². The van der Waals surface area contributed by atoms with Crippen molar-refractivity contribution in [1.29, 1.82) is 0 Å². The summed E-state index contributed by atoms with van der Waals surface area (Å²) in [6.45, 7) is 4.38. The average Bonchev–Trinajstić information content (AvgIpc) is 2.32. The van der Waals surface area contributed by atoms with E-state index in [1.54, 1.807) is 12.1 Å². The van der Waals surface area contributed by atoms with Crippen LogP contribution in [-0.2, 0) is 0 Å². The summed E-state index contributed by atoms with van der Waals surface area (Å²) < 4.78 is 0. The van der Waals surface area contributed by atoms with Crippen molar-refractivity contribution >= 4 is 34.6 Å². The Kier molecular flexibility index (Phi) is 6.66. The second-order valence-corrected chi connectivity index (χ2v) is 5.56. The van der Waals surface area contributed by atoms with Crippen LogP contribution in [0.1, 0.15) is 46.0 Å². The van der Waals surface area contributed by atoms with Crippen LogP contribution < -0.4 is 11.1 Å². The quantitative estimate of drug-likeness (QED) is 0.524. The highest BCUT2D eigenvalue weighted by atomic mass is 35.5. The van der Waals surface area contributed by atoms with E-state index in [-0.39, 0.29) is 0 Å². The van der Waals surface area contributed by atoms with E-state index in [1.165, 1.54) is 25.7 Å². The predicted molar refractivity (Wildman–Crippen MR) is 82.7 cm³/mol. The Hall–Kier alpha value is -0.600. The lowest BCUT2D eigenvalue weighted by Crippen LogP contribution is -2.16. The van der Waals surface area contributed by atoms with Gasteiger partial charge in [0.15, 0.2) is 0 Å². The van der Waals surface area contributed by atoms with Gasteiger partial charge in [-0.1, -0.05) is 55.8 Å². The minimum atomic E-state index is 0.390. The van der Waals surface area contributed by atoms with Crippen molar-refractivity contribution in [3.63, 3.8) is 0 Å². The number of nitrogens with two attached hydrogens (primary N) is 1. The summed E-state index contributed by atoms with van der Waals surface area (Å²) in [5.41, 5.74) is 7.42. The molecule has 18 heavy (non-hydrogen) atoms. The van der Waals surface area contributed by atoms with Gasteiger partial charge in [0, 0.05) is 6.04 Å². The molecule has 0 saturated carbocycles. The van der Waals surface area contributed by atoms with Gasteiger partial charge < -0.3 is 11.1 Å². The number of hydrogen-bond donors (Lipinski definition) is 2. The number of unbranched alkanes of at least 4 members (excludes halogenated alkanes) is 3. The number of benzene rings is 1. The highest BCUT2D eigenvalue weighted by Crippen LogP contribution is 2.31. The molecule has 102 valence electrons. The Labute approximate surface area is 120 Å². The molecule has 0 fully saturated rings. The largest absolute Gasteiger partial charge is 0.397 e. The van der Waals surface area contributed by atoms with E-state index >= 15 is 0 Å². The normalized spacial score (nSPS) is 12.4. The third-order valence-electron chi connectivity index (χ3n) is 2.99. The van der Waals surface area contributed by atoms with Gasteiger partial charge in [-0.2, -0.15) is 0 Å². The molecule has 1 aromatic rings. The Morgan fingerprint density at radius 1 is 1.17 bits per heavy atom. The fourth-order valence-electron chi connectivity index (χ4n) is 1.90. The van der Waals surface area contributed by atoms with Crippen LogP contribution in [0.3, 0.4) is 0 Å². The number of nitrogens with one attached hydrogen (secondary N) is 1. The smallest absolute Gasteiger partial charge is 0.0614 e. The maximum Gasteiger partial charge on any atom is 0.0614 e. The first kappa shape index (κ1) is 15.5. The Balaban J connectivity index is 2.48. The zero-order valence-electron chi connectivity index (χ0n) is 11.1. The van der Waals surface area contributed by atoms with Gasteiger partial charge in [-0.3, -0.25) is 0 Å². The number of rotatable bonds is 7. The van der Waals surface area contributed by atoms with E-state index < -0.39 is 0 Å². The predicted octanol–water partition coefficient (Wildman–Crippen LogP) is 5.35. The van der Waals surface area contributed by atoms with Crippen LogP contribution in [0.2, 0.25) is 10.0 Å². The summed E-state index contributed by atoms with van der Waals surface area (Å²) in [5.74, 6) is 0. The first-order chi connectivity index (χ1) is 8.54. The first-order valence-corrected chi connectivity index (χ1v) is 7.31.